The number of hydrogen-bond donors (Lipinski definition) is 7. The predicted molar refractivity (Wildman–Crippen MR) is 245 cm³/mol. The summed E-state index contributed by atoms with van der Waals surface area (Å²) in [6.45, 7) is 21.1. The Bertz CT molecular complexity index is 1290. The minimum atomic E-state index is -0.833. The van der Waals surface area contributed by atoms with Crippen LogP contribution in [0.2, 0.25) is 0 Å². The number of fused-ring (bicyclic) bond motifs is 1. The van der Waals surface area contributed by atoms with Crippen molar-refractivity contribution >= 4 is 46.5 Å². The third-order valence-corrected chi connectivity index (χ3v) is 7.39. The molecular formula is C45H82Fe2N4O11. The van der Waals surface area contributed by atoms with Gasteiger partial charge in [-0.2, -0.15) is 0 Å². The molecule has 0 heterocycles. The Hall–Kier alpha value is -3.88. The van der Waals surface area contributed by atoms with Crippen molar-refractivity contribution in [3.63, 3.8) is 0 Å². The average Bonchev–Trinajstić information content (AvgIpc) is 3.08. The summed E-state index contributed by atoms with van der Waals surface area (Å²) < 4.78 is 0. The quantitative estimate of drug-likeness (QED) is 0.0216. The Morgan fingerprint density at radius 2 is 0.742 bits per heavy atom. The summed E-state index contributed by atoms with van der Waals surface area (Å²) in [5.74, 6) is 1.08. The summed E-state index contributed by atoms with van der Waals surface area (Å²) in [5, 5.41) is 46.0. The number of carboxylic acid groups (broad SMARTS) is 2. The molecule has 7 N–H and O–H groups in total. The summed E-state index contributed by atoms with van der Waals surface area (Å²) >= 11 is 0. The molecule has 0 atom stereocenters. The van der Waals surface area contributed by atoms with Crippen LogP contribution in [-0.4, -0.2) is 105 Å². The molecule has 0 spiro atoms. The molecule has 0 aromatic heterocycles. The number of aliphatic hydroxyl groups excluding tert-OH is 3. The van der Waals surface area contributed by atoms with Crippen molar-refractivity contribution in [1.82, 2.24) is 10.6 Å². The zero-order valence-electron chi connectivity index (χ0n) is 38.9. The van der Waals surface area contributed by atoms with Gasteiger partial charge in [-0.15, -0.1) is 0 Å². The van der Waals surface area contributed by atoms with Gasteiger partial charge in [0, 0.05) is 91.0 Å². The van der Waals surface area contributed by atoms with E-state index in [-0.39, 0.29) is 82.6 Å². The molecule has 62 heavy (non-hydrogen) atoms. The van der Waals surface area contributed by atoms with E-state index in [1.165, 1.54) is 53.4 Å². The second kappa shape index (κ2) is 51.5. The zero-order valence-corrected chi connectivity index (χ0v) is 41.2. The van der Waals surface area contributed by atoms with Gasteiger partial charge in [0.05, 0.1) is 31.0 Å². The maximum atomic E-state index is 10.7. The SMILES string of the molecule is C.C1CCC2CCCCC2C1.CC(=O)/C=C(/C)NCCN/C(C)=C\C(C)=O.CC(=O)CC(C)=O.CC(=O)O.CC(=O)O.CC(O)=CC(C)=NCCN=C(C)C=C(C)O.CO.[Fe].[Fe]. The van der Waals surface area contributed by atoms with Gasteiger partial charge in [-0.25, -0.2) is 0 Å². The van der Waals surface area contributed by atoms with E-state index in [1.807, 2.05) is 27.7 Å². The van der Waals surface area contributed by atoms with Crippen molar-refractivity contribution in [2.45, 2.75) is 148 Å². The van der Waals surface area contributed by atoms with Crippen LogP contribution in [0.25, 0.3) is 0 Å². The Morgan fingerprint density at radius 3 is 0.919 bits per heavy atom. The molecule has 364 valence electrons. The third kappa shape index (κ3) is 73.6. The molecule has 17 heteroatoms. The fraction of sp³-hybridized carbons (Fsp3) is 0.644. The van der Waals surface area contributed by atoms with E-state index in [4.69, 9.17) is 35.1 Å². The minimum Gasteiger partial charge on any atom is -0.513 e. The molecule has 2 fully saturated rings. The molecular weight excluding hydrogens is 884 g/mol. The van der Waals surface area contributed by atoms with Gasteiger partial charge in [0.2, 0.25) is 0 Å². The Balaban J connectivity index is -0.0000000984. The largest absolute Gasteiger partial charge is 0.513 e. The third-order valence-electron chi connectivity index (χ3n) is 7.39. The fourth-order valence-corrected chi connectivity index (χ4v) is 5.59. The van der Waals surface area contributed by atoms with Crippen LogP contribution >= 0.6 is 0 Å². The number of aliphatic hydroxyl groups is 3. The van der Waals surface area contributed by atoms with Crippen molar-refractivity contribution in [2.24, 2.45) is 21.8 Å². The molecule has 0 saturated heterocycles. The van der Waals surface area contributed by atoms with Crippen LogP contribution in [0, 0.1) is 11.8 Å². The summed E-state index contributed by atoms with van der Waals surface area (Å²) in [7, 11) is 1.00. The van der Waals surface area contributed by atoms with Crippen LogP contribution in [-0.2, 0) is 62.9 Å². The van der Waals surface area contributed by atoms with Crippen molar-refractivity contribution in [3.8, 4) is 0 Å². The number of ketones is 4. The van der Waals surface area contributed by atoms with E-state index in [9.17, 15) is 19.2 Å². The van der Waals surface area contributed by atoms with Crippen molar-refractivity contribution in [3.05, 3.63) is 47.2 Å². The summed E-state index contributed by atoms with van der Waals surface area (Å²) in [6.07, 6.45) is 18.8. The smallest absolute Gasteiger partial charge is 0.300 e. The summed E-state index contributed by atoms with van der Waals surface area (Å²) in [6, 6.07) is 0. The second-order valence-electron chi connectivity index (χ2n) is 14.1. The monoisotopic (exact) mass is 966 g/mol. The van der Waals surface area contributed by atoms with Crippen molar-refractivity contribution < 1.29 is 88.4 Å². The Morgan fingerprint density at radius 1 is 0.500 bits per heavy atom. The Kier molecular flexibility index (Phi) is 62.7. The van der Waals surface area contributed by atoms with Crippen LogP contribution in [0.3, 0.4) is 0 Å². The van der Waals surface area contributed by atoms with E-state index >= 15 is 0 Å². The second-order valence-corrected chi connectivity index (χ2v) is 14.1. The van der Waals surface area contributed by atoms with Gasteiger partial charge in [0.1, 0.15) is 11.6 Å². The van der Waals surface area contributed by atoms with Gasteiger partial charge in [-0.05, 0) is 105 Å². The molecule has 2 saturated carbocycles. The number of nitrogens with zero attached hydrogens (tertiary/aromatic N) is 2. The molecule has 2 aliphatic rings. The molecule has 0 amide bonds. The van der Waals surface area contributed by atoms with Gasteiger partial charge < -0.3 is 36.2 Å². The minimum absolute atomic E-state index is 0. The first-order chi connectivity index (χ1) is 27.4. The van der Waals surface area contributed by atoms with Gasteiger partial charge in [0.15, 0.2) is 11.6 Å². The summed E-state index contributed by atoms with van der Waals surface area (Å²) in [5.41, 5.74) is 3.26. The predicted octanol–water partition coefficient (Wildman–Crippen LogP) is 8.33. The molecule has 0 aromatic carbocycles. The van der Waals surface area contributed by atoms with Gasteiger partial charge in [-0.3, -0.25) is 38.8 Å². The van der Waals surface area contributed by atoms with Crippen LogP contribution in [0.4, 0.5) is 0 Å². The van der Waals surface area contributed by atoms with E-state index in [0.717, 1.165) is 55.6 Å². The number of hydrogen-bond acceptors (Lipinski definition) is 13. The van der Waals surface area contributed by atoms with Crippen LogP contribution < -0.4 is 10.6 Å². The number of aliphatic imine (C=N–C) groups is 2. The molecule has 0 aromatic rings. The molecule has 0 radical (unpaired) electrons. The molecule has 2 rings (SSSR count). The van der Waals surface area contributed by atoms with Gasteiger partial charge in [0.25, 0.3) is 11.9 Å². The number of carboxylic acids is 2. The van der Waals surface area contributed by atoms with Crippen molar-refractivity contribution in [2.75, 3.05) is 33.3 Å². The number of aliphatic carboxylic acids is 2. The fourth-order valence-electron chi connectivity index (χ4n) is 5.59. The topological polar surface area (TPSA) is 252 Å². The van der Waals surface area contributed by atoms with Crippen LogP contribution in [0.5, 0.6) is 0 Å². The maximum absolute atomic E-state index is 10.7. The number of Topliss-reactive ketones (excluding diaryl/α,β-unsaturated/α-hetero) is 2. The van der Waals surface area contributed by atoms with E-state index < -0.39 is 11.9 Å². The Labute approximate surface area is 394 Å². The van der Waals surface area contributed by atoms with Gasteiger partial charge >= 0.3 is 0 Å². The first-order valence-electron chi connectivity index (χ1n) is 19.8. The number of nitrogens with one attached hydrogen (secondary N) is 2. The summed E-state index contributed by atoms with van der Waals surface area (Å²) in [4.78, 5) is 68.0. The molecule has 0 aliphatic heterocycles. The standard InChI is InChI=1S/2C12H20N2O2.C10H18.C5H8O2.2C2H4O2.CH4O.CH4.2Fe/c2*1-9(7-11(3)15)13-5-6-14-10(2)8-12(4)16;1-2-6-10-8-4-3-7-9(10)5-1;1-4(6)3-5(2)7;2*1-2(3)4;1-2;;;/h7-8,15-16H,5-6H2,1-4H3;7-8,13-14H,5-6H2,1-4H3;9-10H,1-8H2;3H2,1-2H3;2*1H3,(H,3,4);2H,1H3;1H4;;/b;9-7-,10-8-;;;;;;;;. The van der Waals surface area contributed by atoms with Crippen LogP contribution in [0.1, 0.15) is 148 Å². The molecule has 2 aliphatic carbocycles. The van der Waals surface area contributed by atoms with Crippen LogP contribution in [0.15, 0.2) is 57.2 Å². The first-order valence-corrected chi connectivity index (χ1v) is 19.8. The molecule has 15 nitrogen and oxygen atoms in total. The number of rotatable bonds is 14. The van der Waals surface area contributed by atoms with E-state index in [1.54, 1.807) is 63.8 Å². The molecule has 0 bridgehead atoms. The maximum Gasteiger partial charge on any atom is 0.300 e. The number of allylic oxidation sites excluding steroid dienone is 8. The zero-order chi connectivity index (χ0) is 46.9. The molecule has 0 unspecified atom stereocenters. The number of carbonyl (C=O) groups excluding carboxylic acids is 4. The van der Waals surface area contributed by atoms with Crippen molar-refractivity contribution in [1.29, 1.82) is 0 Å². The number of carbonyl (C=O) groups is 6. The van der Waals surface area contributed by atoms with Gasteiger partial charge in [-0.1, -0.05) is 58.8 Å². The van der Waals surface area contributed by atoms with E-state index in [2.05, 4.69) is 20.6 Å². The average molecular weight is 967 g/mol. The van der Waals surface area contributed by atoms with E-state index in [0.29, 0.717) is 26.2 Å². The normalized spacial score (nSPS) is 15.6. The first kappa shape index (κ1) is 75.5.